The first-order valence-corrected chi connectivity index (χ1v) is 7.63. The second-order valence-electron chi connectivity index (χ2n) is 5.69. The molecule has 2 N–H and O–H groups in total. The lowest BCUT2D eigenvalue weighted by atomic mass is 9.95. The van der Waals surface area contributed by atoms with Crippen molar-refractivity contribution in [3.05, 3.63) is 35.9 Å². The predicted molar refractivity (Wildman–Crippen MR) is 82.1 cm³/mol. The molecule has 1 saturated carbocycles. The molecule has 0 radical (unpaired) electrons. The van der Waals surface area contributed by atoms with Gasteiger partial charge in [-0.2, -0.15) is 0 Å². The molecule has 0 amide bonds. The van der Waals surface area contributed by atoms with Gasteiger partial charge in [0.05, 0.1) is 0 Å². The molecule has 0 spiro atoms. The third-order valence-corrected chi connectivity index (χ3v) is 4.10. The summed E-state index contributed by atoms with van der Waals surface area (Å²) in [7, 11) is 0. The lowest BCUT2D eigenvalue weighted by Crippen LogP contribution is -2.18. The van der Waals surface area contributed by atoms with Crippen LogP contribution in [-0.2, 0) is 6.61 Å². The Morgan fingerprint density at radius 2 is 2.05 bits per heavy atom. The van der Waals surface area contributed by atoms with Crippen molar-refractivity contribution in [1.29, 1.82) is 0 Å². The summed E-state index contributed by atoms with van der Waals surface area (Å²) in [6.45, 7) is 2.45. The van der Waals surface area contributed by atoms with Crippen molar-refractivity contribution in [3.8, 4) is 5.75 Å². The van der Waals surface area contributed by atoms with Gasteiger partial charge in [-0.3, -0.25) is 0 Å². The Hall–Kier alpha value is -2.04. The van der Waals surface area contributed by atoms with E-state index in [0.29, 0.717) is 18.3 Å². The van der Waals surface area contributed by atoms with Crippen molar-refractivity contribution < 1.29 is 4.74 Å². The van der Waals surface area contributed by atoms with Crippen LogP contribution in [-0.4, -0.2) is 14.8 Å². The lowest BCUT2D eigenvalue weighted by molar-refractivity contribution is 0.270. The topological polar surface area (TPSA) is 66.0 Å². The molecule has 1 aliphatic rings. The molecule has 112 valence electrons. The van der Waals surface area contributed by atoms with Gasteiger partial charge in [0.2, 0.25) is 0 Å². The first-order valence-electron chi connectivity index (χ1n) is 7.63. The normalized spacial score (nSPS) is 16.0. The predicted octanol–water partition coefficient (Wildman–Crippen LogP) is 3.25. The summed E-state index contributed by atoms with van der Waals surface area (Å²) in [5.41, 5.74) is 6.47. The number of benzene rings is 1. The van der Waals surface area contributed by atoms with E-state index in [1.807, 2.05) is 31.2 Å². The fourth-order valence-corrected chi connectivity index (χ4v) is 3.08. The first-order chi connectivity index (χ1) is 10.2. The van der Waals surface area contributed by atoms with Crippen molar-refractivity contribution in [3.63, 3.8) is 0 Å². The molecular weight excluding hydrogens is 264 g/mol. The first kappa shape index (κ1) is 13.9. The van der Waals surface area contributed by atoms with E-state index < -0.39 is 0 Å². The van der Waals surface area contributed by atoms with Crippen LogP contribution in [0.15, 0.2) is 24.3 Å². The number of nitrogen functional groups attached to an aromatic ring is 1. The zero-order chi connectivity index (χ0) is 14.7. The Labute approximate surface area is 125 Å². The molecule has 0 bridgehead atoms. The number of rotatable bonds is 4. The highest BCUT2D eigenvalue weighted by atomic mass is 16.5. The van der Waals surface area contributed by atoms with Crippen LogP contribution in [0.3, 0.4) is 0 Å². The molecule has 1 aromatic heterocycles. The molecule has 3 rings (SSSR count). The highest BCUT2D eigenvalue weighted by molar-refractivity contribution is 5.43. The second-order valence-corrected chi connectivity index (χ2v) is 5.69. The molecular formula is C16H22N4O. The van der Waals surface area contributed by atoms with Gasteiger partial charge in [0, 0.05) is 17.8 Å². The standard InChI is InChI=1S/C16H22N4O/c1-12-18-19-16(20(12)14-7-3-2-4-8-14)11-21-15-9-5-6-13(17)10-15/h5-6,9-10,14H,2-4,7-8,11,17H2,1H3. The van der Waals surface area contributed by atoms with Crippen LogP contribution in [0.1, 0.15) is 49.8 Å². The highest BCUT2D eigenvalue weighted by Gasteiger charge is 2.21. The number of nitrogens with two attached hydrogens (primary N) is 1. The minimum Gasteiger partial charge on any atom is -0.486 e. The van der Waals surface area contributed by atoms with E-state index in [2.05, 4.69) is 14.8 Å². The van der Waals surface area contributed by atoms with Crippen LogP contribution in [0.5, 0.6) is 5.75 Å². The van der Waals surface area contributed by atoms with Gasteiger partial charge in [0.1, 0.15) is 18.2 Å². The molecule has 0 unspecified atom stereocenters. The molecule has 21 heavy (non-hydrogen) atoms. The summed E-state index contributed by atoms with van der Waals surface area (Å²) in [5, 5.41) is 8.52. The van der Waals surface area contributed by atoms with Crippen molar-refractivity contribution >= 4 is 5.69 Å². The van der Waals surface area contributed by atoms with Crippen LogP contribution in [0.4, 0.5) is 5.69 Å². The summed E-state index contributed by atoms with van der Waals surface area (Å²) >= 11 is 0. The van der Waals surface area contributed by atoms with Crippen molar-refractivity contribution in [2.75, 3.05) is 5.73 Å². The number of hydrogen-bond acceptors (Lipinski definition) is 4. The zero-order valence-electron chi connectivity index (χ0n) is 12.5. The quantitative estimate of drug-likeness (QED) is 0.876. The number of hydrogen-bond donors (Lipinski definition) is 1. The van der Waals surface area contributed by atoms with Gasteiger partial charge in [-0.05, 0) is 31.9 Å². The Kier molecular flexibility index (Phi) is 4.08. The molecule has 5 heteroatoms. The van der Waals surface area contributed by atoms with E-state index in [1.165, 1.54) is 32.1 Å². The molecule has 0 aliphatic heterocycles. The largest absolute Gasteiger partial charge is 0.486 e. The van der Waals surface area contributed by atoms with E-state index in [1.54, 1.807) is 0 Å². The molecule has 1 fully saturated rings. The summed E-state index contributed by atoms with van der Waals surface area (Å²) in [4.78, 5) is 0. The number of ether oxygens (including phenoxy) is 1. The summed E-state index contributed by atoms with van der Waals surface area (Å²) in [6, 6.07) is 8.00. The molecule has 1 heterocycles. The SMILES string of the molecule is Cc1nnc(COc2cccc(N)c2)n1C1CCCCC1. The van der Waals surface area contributed by atoms with Crippen LogP contribution < -0.4 is 10.5 Å². The molecule has 1 aromatic carbocycles. The number of aryl methyl sites for hydroxylation is 1. The van der Waals surface area contributed by atoms with E-state index in [4.69, 9.17) is 10.5 Å². The maximum Gasteiger partial charge on any atom is 0.171 e. The molecule has 5 nitrogen and oxygen atoms in total. The average molecular weight is 286 g/mol. The number of nitrogens with zero attached hydrogens (tertiary/aromatic N) is 3. The Morgan fingerprint density at radius 1 is 1.24 bits per heavy atom. The Morgan fingerprint density at radius 3 is 2.81 bits per heavy atom. The van der Waals surface area contributed by atoms with Gasteiger partial charge >= 0.3 is 0 Å². The zero-order valence-corrected chi connectivity index (χ0v) is 12.5. The van der Waals surface area contributed by atoms with E-state index >= 15 is 0 Å². The van der Waals surface area contributed by atoms with Gasteiger partial charge in [-0.1, -0.05) is 25.3 Å². The second kappa shape index (κ2) is 6.16. The Bertz CT molecular complexity index is 602. The van der Waals surface area contributed by atoms with Gasteiger partial charge in [0.15, 0.2) is 5.82 Å². The molecule has 0 saturated heterocycles. The molecule has 1 aliphatic carbocycles. The minimum absolute atomic E-state index is 0.431. The average Bonchev–Trinajstić information content (AvgIpc) is 2.87. The summed E-state index contributed by atoms with van der Waals surface area (Å²) < 4.78 is 8.07. The number of aromatic nitrogens is 3. The minimum atomic E-state index is 0.431. The third kappa shape index (κ3) is 3.17. The smallest absolute Gasteiger partial charge is 0.171 e. The van der Waals surface area contributed by atoms with Gasteiger partial charge in [0.25, 0.3) is 0 Å². The van der Waals surface area contributed by atoms with E-state index in [9.17, 15) is 0 Å². The molecule has 0 atom stereocenters. The highest BCUT2D eigenvalue weighted by Crippen LogP contribution is 2.30. The number of anilines is 1. The maximum atomic E-state index is 5.81. The van der Waals surface area contributed by atoms with Gasteiger partial charge < -0.3 is 15.0 Å². The lowest BCUT2D eigenvalue weighted by Gasteiger charge is -2.25. The van der Waals surface area contributed by atoms with Crippen molar-refractivity contribution in [1.82, 2.24) is 14.8 Å². The molecule has 2 aromatic rings. The summed E-state index contributed by atoms with van der Waals surface area (Å²) in [6.07, 6.45) is 6.34. The van der Waals surface area contributed by atoms with Crippen LogP contribution >= 0.6 is 0 Å². The summed E-state index contributed by atoms with van der Waals surface area (Å²) in [5.74, 6) is 2.65. The van der Waals surface area contributed by atoms with E-state index in [-0.39, 0.29) is 0 Å². The monoisotopic (exact) mass is 286 g/mol. The maximum absolute atomic E-state index is 5.81. The fourth-order valence-electron chi connectivity index (χ4n) is 3.08. The van der Waals surface area contributed by atoms with E-state index in [0.717, 1.165) is 17.4 Å². The van der Waals surface area contributed by atoms with Crippen molar-refractivity contribution in [2.24, 2.45) is 0 Å². The van der Waals surface area contributed by atoms with Crippen molar-refractivity contribution in [2.45, 2.75) is 51.7 Å². The fraction of sp³-hybridized carbons (Fsp3) is 0.500. The van der Waals surface area contributed by atoms with Crippen LogP contribution in [0.25, 0.3) is 0 Å². The Balaban J connectivity index is 1.73. The van der Waals surface area contributed by atoms with Crippen LogP contribution in [0.2, 0.25) is 0 Å². The van der Waals surface area contributed by atoms with Gasteiger partial charge in [-0.15, -0.1) is 10.2 Å². The third-order valence-electron chi connectivity index (χ3n) is 4.10. The van der Waals surface area contributed by atoms with Crippen LogP contribution in [0, 0.1) is 6.92 Å². The van der Waals surface area contributed by atoms with Gasteiger partial charge in [-0.25, -0.2) is 0 Å².